The van der Waals surface area contributed by atoms with Crippen LogP contribution in [-0.2, 0) is 4.74 Å². The zero-order valence-corrected chi connectivity index (χ0v) is 12.3. The highest BCUT2D eigenvalue weighted by atomic mass is 35.5. The van der Waals surface area contributed by atoms with Gasteiger partial charge in [0, 0.05) is 15.5 Å². The van der Waals surface area contributed by atoms with Gasteiger partial charge >= 0.3 is 5.97 Å². The first-order valence-electron chi connectivity index (χ1n) is 5.86. The Labute approximate surface area is 121 Å². The number of benzene rings is 1. The van der Waals surface area contributed by atoms with Gasteiger partial charge in [-0.1, -0.05) is 23.7 Å². The third-order valence-electron chi connectivity index (χ3n) is 2.61. The van der Waals surface area contributed by atoms with Crippen molar-refractivity contribution in [2.75, 3.05) is 12.3 Å². The number of halogens is 1. The van der Waals surface area contributed by atoms with Gasteiger partial charge in [0.2, 0.25) is 0 Å². The Morgan fingerprint density at radius 3 is 2.79 bits per heavy atom. The van der Waals surface area contributed by atoms with Crippen LogP contribution >= 0.6 is 22.9 Å². The van der Waals surface area contributed by atoms with Gasteiger partial charge < -0.3 is 10.5 Å². The Bertz CT molecular complexity index is 622. The average Bonchev–Trinajstić information content (AvgIpc) is 2.71. The fraction of sp³-hybridized carbons (Fsp3) is 0.214. The lowest BCUT2D eigenvalue weighted by Gasteiger charge is -2.02. The number of anilines is 1. The molecule has 2 N–H and O–H groups in total. The standard InChI is InChI=1S/C14H14ClNO2S/c1-3-18-14(17)13-11(16)7-12(19-13)9-5-4-8(2)6-10(9)15/h4-7H,3,16H2,1-2H3. The molecule has 1 heterocycles. The molecule has 0 saturated heterocycles. The molecule has 0 aliphatic heterocycles. The number of rotatable bonds is 3. The fourth-order valence-electron chi connectivity index (χ4n) is 1.71. The number of nitrogens with two attached hydrogens (primary N) is 1. The first-order valence-corrected chi connectivity index (χ1v) is 7.05. The number of carbonyl (C=O) groups is 1. The summed E-state index contributed by atoms with van der Waals surface area (Å²) in [4.78, 5) is 13.0. The van der Waals surface area contributed by atoms with Crippen LogP contribution < -0.4 is 5.73 Å². The van der Waals surface area contributed by atoms with Crippen LogP contribution in [0.15, 0.2) is 24.3 Å². The Kier molecular flexibility index (Phi) is 4.12. The van der Waals surface area contributed by atoms with Crippen molar-refractivity contribution in [2.45, 2.75) is 13.8 Å². The summed E-state index contributed by atoms with van der Waals surface area (Å²) in [6.45, 7) is 4.07. The van der Waals surface area contributed by atoms with E-state index >= 15 is 0 Å². The summed E-state index contributed by atoms with van der Waals surface area (Å²) >= 11 is 7.51. The predicted molar refractivity (Wildman–Crippen MR) is 79.9 cm³/mol. The van der Waals surface area contributed by atoms with E-state index in [1.807, 2.05) is 25.1 Å². The molecule has 2 aromatic rings. The lowest BCUT2D eigenvalue weighted by molar-refractivity contribution is 0.0533. The van der Waals surface area contributed by atoms with Crippen LogP contribution in [0.25, 0.3) is 10.4 Å². The summed E-state index contributed by atoms with van der Waals surface area (Å²) in [5.41, 5.74) is 8.24. The monoisotopic (exact) mass is 295 g/mol. The number of aryl methyl sites for hydroxylation is 1. The van der Waals surface area contributed by atoms with Gasteiger partial charge in [-0.25, -0.2) is 4.79 Å². The van der Waals surface area contributed by atoms with Gasteiger partial charge in [0.1, 0.15) is 4.88 Å². The zero-order valence-electron chi connectivity index (χ0n) is 10.7. The third kappa shape index (κ3) is 2.91. The van der Waals surface area contributed by atoms with Crippen molar-refractivity contribution in [2.24, 2.45) is 0 Å². The van der Waals surface area contributed by atoms with Gasteiger partial charge in [0.25, 0.3) is 0 Å². The lowest BCUT2D eigenvalue weighted by atomic mass is 10.1. The fourth-order valence-corrected chi connectivity index (χ4v) is 3.12. The third-order valence-corrected chi connectivity index (χ3v) is 4.09. The number of hydrogen-bond acceptors (Lipinski definition) is 4. The Balaban J connectivity index is 2.42. The van der Waals surface area contributed by atoms with Gasteiger partial charge in [0.05, 0.1) is 12.3 Å². The molecule has 3 nitrogen and oxygen atoms in total. The molecule has 2 rings (SSSR count). The molecule has 19 heavy (non-hydrogen) atoms. The molecule has 0 fully saturated rings. The van der Waals surface area contributed by atoms with Crippen molar-refractivity contribution < 1.29 is 9.53 Å². The van der Waals surface area contributed by atoms with Crippen molar-refractivity contribution in [3.63, 3.8) is 0 Å². The van der Waals surface area contributed by atoms with Gasteiger partial charge in [0.15, 0.2) is 0 Å². The molecule has 0 unspecified atom stereocenters. The summed E-state index contributed by atoms with van der Waals surface area (Å²) in [5, 5.41) is 0.650. The molecule has 5 heteroatoms. The molecule has 0 aliphatic carbocycles. The van der Waals surface area contributed by atoms with Crippen LogP contribution in [0.3, 0.4) is 0 Å². The highest BCUT2D eigenvalue weighted by Gasteiger charge is 2.17. The normalized spacial score (nSPS) is 10.5. The molecular formula is C14H14ClNO2S. The van der Waals surface area contributed by atoms with E-state index in [9.17, 15) is 4.79 Å². The number of carbonyl (C=O) groups excluding carboxylic acids is 1. The topological polar surface area (TPSA) is 52.3 Å². The lowest BCUT2D eigenvalue weighted by Crippen LogP contribution is -2.04. The summed E-state index contributed by atoms with van der Waals surface area (Å²) in [6.07, 6.45) is 0. The second kappa shape index (κ2) is 5.63. The summed E-state index contributed by atoms with van der Waals surface area (Å²) < 4.78 is 4.97. The van der Waals surface area contributed by atoms with Crippen LogP contribution in [-0.4, -0.2) is 12.6 Å². The molecule has 1 aromatic heterocycles. The Hall–Kier alpha value is -1.52. The summed E-state index contributed by atoms with van der Waals surface area (Å²) in [7, 11) is 0. The van der Waals surface area contributed by atoms with E-state index in [4.69, 9.17) is 22.1 Å². The Morgan fingerprint density at radius 1 is 1.42 bits per heavy atom. The molecule has 0 amide bonds. The second-order valence-corrected chi connectivity index (χ2v) is 5.56. The van der Waals surface area contributed by atoms with E-state index in [0.717, 1.165) is 16.0 Å². The Morgan fingerprint density at radius 2 is 2.16 bits per heavy atom. The van der Waals surface area contributed by atoms with E-state index in [-0.39, 0.29) is 5.97 Å². The smallest absolute Gasteiger partial charge is 0.350 e. The van der Waals surface area contributed by atoms with Crippen LogP contribution in [0.5, 0.6) is 0 Å². The zero-order chi connectivity index (χ0) is 14.0. The van der Waals surface area contributed by atoms with E-state index in [2.05, 4.69) is 0 Å². The first-order chi connectivity index (χ1) is 9.02. The van der Waals surface area contributed by atoms with Crippen LogP contribution in [0.4, 0.5) is 5.69 Å². The van der Waals surface area contributed by atoms with Crippen molar-refractivity contribution >= 4 is 34.6 Å². The predicted octanol–water partition coefficient (Wildman–Crippen LogP) is 4.14. The average molecular weight is 296 g/mol. The molecule has 0 radical (unpaired) electrons. The van der Waals surface area contributed by atoms with E-state index < -0.39 is 0 Å². The number of ether oxygens (including phenoxy) is 1. The highest BCUT2D eigenvalue weighted by molar-refractivity contribution is 7.18. The van der Waals surface area contributed by atoms with Crippen LogP contribution in [0.1, 0.15) is 22.2 Å². The second-order valence-electron chi connectivity index (χ2n) is 4.10. The minimum Gasteiger partial charge on any atom is -0.462 e. The van der Waals surface area contributed by atoms with Crippen molar-refractivity contribution in [3.05, 3.63) is 39.7 Å². The number of thiophene rings is 1. The quantitative estimate of drug-likeness (QED) is 0.866. The molecule has 0 aliphatic rings. The molecule has 0 saturated carbocycles. The number of nitrogen functional groups attached to an aromatic ring is 1. The molecule has 0 spiro atoms. The molecule has 1 aromatic carbocycles. The maximum absolute atomic E-state index is 11.7. The van der Waals surface area contributed by atoms with E-state index in [1.54, 1.807) is 13.0 Å². The molecular weight excluding hydrogens is 282 g/mol. The van der Waals surface area contributed by atoms with E-state index in [0.29, 0.717) is 22.2 Å². The number of hydrogen-bond donors (Lipinski definition) is 1. The summed E-state index contributed by atoms with van der Waals surface area (Å²) in [5.74, 6) is -0.389. The van der Waals surface area contributed by atoms with Crippen molar-refractivity contribution in [1.82, 2.24) is 0 Å². The van der Waals surface area contributed by atoms with Gasteiger partial charge in [-0.2, -0.15) is 0 Å². The number of esters is 1. The SMILES string of the molecule is CCOC(=O)c1sc(-c2ccc(C)cc2Cl)cc1N. The summed E-state index contributed by atoms with van der Waals surface area (Å²) in [6, 6.07) is 7.54. The first kappa shape index (κ1) is 13.9. The molecule has 100 valence electrons. The van der Waals surface area contributed by atoms with Gasteiger partial charge in [-0.15, -0.1) is 11.3 Å². The molecule has 0 bridgehead atoms. The largest absolute Gasteiger partial charge is 0.462 e. The van der Waals surface area contributed by atoms with Gasteiger partial charge in [-0.05, 0) is 31.5 Å². The van der Waals surface area contributed by atoms with E-state index in [1.165, 1.54) is 11.3 Å². The minimum atomic E-state index is -0.389. The maximum Gasteiger partial charge on any atom is 0.350 e. The van der Waals surface area contributed by atoms with Crippen LogP contribution in [0.2, 0.25) is 5.02 Å². The molecule has 0 atom stereocenters. The van der Waals surface area contributed by atoms with Crippen molar-refractivity contribution in [3.8, 4) is 10.4 Å². The van der Waals surface area contributed by atoms with Crippen molar-refractivity contribution in [1.29, 1.82) is 0 Å². The van der Waals surface area contributed by atoms with Crippen LogP contribution in [0, 0.1) is 6.92 Å². The highest BCUT2D eigenvalue weighted by Crippen LogP contribution is 2.37. The maximum atomic E-state index is 11.7. The van der Waals surface area contributed by atoms with Gasteiger partial charge in [-0.3, -0.25) is 0 Å². The minimum absolute atomic E-state index is 0.330.